The predicted octanol–water partition coefficient (Wildman–Crippen LogP) is 2.02. The zero-order valence-electron chi connectivity index (χ0n) is 8.56. The summed E-state index contributed by atoms with van der Waals surface area (Å²) in [5.74, 6) is 0.813. The Balaban J connectivity index is 2.59. The van der Waals surface area contributed by atoms with Crippen molar-refractivity contribution in [2.24, 2.45) is 0 Å². The molecule has 1 aromatic heterocycles. The van der Waals surface area contributed by atoms with E-state index in [9.17, 15) is 0 Å². The molecular weight excluding hydrogens is 178 g/mol. The number of fused-ring (bicyclic) bond motifs is 1. The second-order valence-electron chi connectivity index (χ2n) is 3.48. The van der Waals surface area contributed by atoms with Gasteiger partial charge in [-0.1, -0.05) is 5.21 Å². The second-order valence-corrected chi connectivity index (χ2v) is 3.48. The number of aromatic nitrogens is 3. The molecule has 0 saturated heterocycles. The van der Waals surface area contributed by atoms with Crippen molar-refractivity contribution < 1.29 is 4.74 Å². The van der Waals surface area contributed by atoms with E-state index in [0.717, 1.165) is 16.8 Å². The normalized spacial score (nSPS) is 11.1. The summed E-state index contributed by atoms with van der Waals surface area (Å²) in [6, 6.07) is 6.12. The molecule has 2 rings (SSSR count). The van der Waals surface area contributed by atoms with Crippen LogP contribution in [0.3, 0.4) is 0 Å². The molecule has 4 heteroatoms. The fraction of sp³-hybridized carbons (Fsp3) is 0.400. The third-order valence-electron chi connectivity index (χ3n) is 2.17. The Morgan fingerprint density at radius 3 is 2.79 bits per heavy atom. The molecule has 0 saturated carbocycles. The van der Waals surface area contributed by atoms with Crippen molar-refractivity contribution in [3.63, 3.8) is 0 Å². The third-order valence-corrected chi connectivity index (χ3v) is 2.17. The number of rotatable bonds is 2. The standard InChI is InChI=1S/C10H13N3O/c1-7(2)13-10-5-4-8(14-3)6-9(10)11-12-13/h4-7H,1-3H3. The SMILES string of the molecule is COc1ccc2c(c1)nnn2C(C)C. The molecule has 4 nitrogen and oxygen atoms in total. The molecule has 0 radical (unpaired) electrons. The molecule has 0 bridgehead atoms. The van der Waals surface area contributed by atoms with Crippen LogP contribution in [0.1, 0.15) is 19.9 Å². The summed E-state index contributed by atoms with van der Waals surface area (Å²) in [7, 11) is 1.65. The first kappa shape index (κ1) is 8.99. The molecule has 0 amide bonds. The van der Waals surface area contributed by atoms with E-state index in [1.807, 2.05) is 22.9 Å². The van der Waals surface area contributed by atoms with Gasteiger partial charge in [-0.25, -0.2) is 4.68 Å². The molecule has 1 heterocycles. The Kier molecular flexibility index (Phi) is 2.11. The molecule has 14 heavy (non-hydrogen) atoms. The van der Waals surface area contributed by atoms with Crippen molar-refractivity contribution in [2.45, 2.75) is 19.9 Å². The van der Waals surface area contributed by atoms with Gasteiger partial charge in [0.15, 0.2) is 0 Å². The smallest absolute Gasteiger partial charge is 0.121 e. The highest BCUT2D eigenvalue weighted by molar-refractivity contribution is 5.76. The van der Waals surface area contributed by atoms with Crippen LogP contribution in [0.2, 0.25) is 0 Å². The van der Waals surface area contributed by atoms with E-state index in [-0.39, 0.29) is 0 Å². The van der Waals surface area contributed by atoms with Crippen LogP contribution in [-0.4, -0.2) is 22.1 Å². The fourth-order valence-electron chi connectivity index (χ4n) is 1.43. The molecule has 74 valence electrons. The summed E-state index contributed by atoms with van der Waals surface area (Å²) in [5.41, 5.74) is 1.92. The van der Waals surface area contributed by atoms with Crippen molar-refractivity contribution in [1.82, 2.24) is 15.0 Å². The lowest BCUT2D eigenvalue weighted by atomic mass is 10.3. The van der Waals surface area contributed by atoms with E-state index >= 15 is 0 Å². The minimum atomic E-state index is 0.327. The predicted molar refractivity (Wildman–Crippen MR) is 54.5 cm³/mol. The van der Waals surface area contributed by atoms with E-state index in [4.69, 9.17) is 4.74 Å². The van der Waals surface area contributed by atoms with Gasteiger partial charge in [0.25, 0.3) is 0 Å². The highest BCUT2D eigenvalue weighted by atomic mass is 16.5. The summed E-state index contributed by atoms with van der Waals surface area (Å²) >= 11 is 0. The lowest BCUT2D eigenvalue weighted by Gasteiger charge is -2.05. The maximum atomic E-state index is 5.11. The maximum absolute atomic E-state index is 5.11. The summed E-state index contributed by atoms with van der Waals surface area (Å²) < 4.78 is 7.01. The Morgan fingerprint density at radius 1 is 1.36 bits per heavy atom. The van der Waals surface area contributed by atoms with Crippen LogP contribution in [0.5, 0.6) is 5.75 Å². The third kappa shape index (κ3) is 1.32. The molecule has 0 aliphatic carbocycles. The number of ether oxygens (including phenoxy) is 1. The molecule has 0 N–H and O–H groups in total. The maximum Gasteiger partial charge on any atom is 0.121 e. The number of benzene rings is 1. The monoisotopic (exact) mass is 191 g/mol. The molecule has 0 aliphatic rings. The molecule has 0 atom stereocenters. The van der Waals surface area contributed by atoms with E-state index < -0.39 is 0 Å². The van der Waals surface area contributed by atoms with Crippen molar-refractivity contribution >= 4 is 11.0 Å². The Labute approximate surface area is 82.5 Å². The highest BCUT2D eigenvalue weighted by Gasteiger charge is 2.07. The molecular formula is C10H13N3O. The summed E-state index contributed by atoms with van der Waals surface area (Å²) in [6.07, 6.45) is 0. The lowest BCUT2D eigenvalue weighted by Crippen LogP contribution is -2.02. The average molecular weight is 191 g/mol. The van der Waals surface area contributed by atoms with Crippen LogP contribution in [0.25, 0.3) is 11.0 Å². The molecule has 1 aromatic carbocycles. The van der Waals surface area contributed by atoms with Gasteiger partial charge < -0.3 is 4.74 Å². The Hall–Kier alpha value is -1.58. The van der Waals surface area contributed by atoms with Crippen molar-refractivity contribution in [2.75, 3.05) is 7.11 Å². The van der Waals surface area contributed by atoms with Crippen LogP contribution in [0, 0.1) is 0 Å². The van der Waals surface area contributed by atoms with Gasteiger partial charge in [-0.15, -0.1) is 5.10 Å². The Bertz CT molecular complexity index is 448. The van der Waals surface area contributed by atoms with Crippen LogP contribution < -0.4 is 4.74 Å². The first-order valence-corrected chi connectivity index (χ1v) is 4.61. The van der Waals surface area contributed by atoms with Gasteiger partial charge in [0.2, 0.25) is 0 Å². The van der Waals surface area contributed by atoms with E-state index in [1.54, 1.807) is 7.11 Å². The lowest BCUT2D eigenvalue weighted by molar-refractivity contribution is 0.415. The largest absolute Gasteiger partial charge is 0.497 e. The van der Waals surface area contributed by atoms with Gasteiger partial charge in [0.1, 0.15) is 11.3 Å². The second kappa shape index (κ2) is 3.29. The van der Waals surface area contributed by atoms with Gasteiger partial charge in [-0.2, -0.15) is 0 Å². The average Bonchev–Trinajstić information content (AvgIpc) is 2.59. The molecule has 0 unspecified atom stereocenters. The van der Waals surface area contributed by atoms with Crippen LogP contribution >= 0.6 is 0 Å². The van der Waals surface area contributed by atoms with Crippen LogP contribution in [0.15, 0.2) is 18.2 Å². The number of methoxy groups -OCH3 is 1. The zero-order valence-corrected chi connectivity index (χ0v) is 8.56. The van der Waals surface area contributed by atoms with Crippen LogP contribution in [0.4, 0.5) is 0 Å². The summed E-state index contributed by atoms with van der Waals surface area (Å²) in [4.78, 5) is 0. The van der Waals surface area contributed by atoms with E-state index in [1.165, 1.54) is 0 Å². The van der Waals surface area contributed by atoms with E-state index in [0.29, 0.717) is 6.04 Å². The molecule has 2 aromatic rings. The minimum Gasteiger partial charge on any atom is -0.497 e. The van der Waals surface area contributed by atoms with Crippen molar-refractivity contribution in [1.29, 1.82) is 0 Å². The van der Waals surface area contributed by atoms with Crippen molar-refractivity contribution in [3.05, 3.63) is 18.2 Å². The summed E-state index contributed by atoms with van der Waals surface area (Å²) in [6.45, 7) is 4.16. The topological polar surface area (TPSA) is 39.9 Å². The van der Waals surface area contributed by atoms with Gasteiger partial charge in [-0.05, 0) is 26.0 Å². The first-order valence-electron chi connectivity index (χ1n) is 4.61. The van der Waals surface area contributed by atoms with Crippen LogP contribution in [-0.2, 0) is 0 Å². The van der Waals surface area contributed by atoms with Gasteiger partial charge in [-0.3, -0.25) is 0 Å². The highest BCUT2D eigenvalue weighted by Crippen LogP contribution is 2.20. The zero-order chi connectivity index (χ0) is 10.1. The van der Waals surface area contributed by atoms with Crippen molar-refractivity contribution in [3.8, 4) is 5.75 Å². The summed E-state index contributed by atoms with van der Waals surface area (Å²) in [5, 5.41) is 8.16. The van der Waals surface area contributed by atoms with Gasteiger partial charge >= 0.3 is 0 Å². The minimum absolute atomic E-state index is 0.327. The molecule has 0 aliphatic heterocycles. The van der Waals surface area contributed by atoms with Gasteiger partial charge in [0.05, 0.1) is 12.6 Å². The quantitative estimate of drug-likeness (QED) is 0.729. The number of hydrogen-bond acceptors (Lipinski definition) is 3. The number of nitrogens with zero attached hydrogens (tertiary/aromatic N) is 3. The van der Waals surface area contributed by atoms with Gasteiger partial charge in [0, 0.05) is 12.1 Å². The first-order chi connectivity index (χ1) is 6.72. The Morgan fingerprint density at radius 2 is 2.14 bits per heavy atom. The number of hydrogen-bond donors (Lipinski definition) is 0. The molecule has 0 spiro atoms. The fourth-order valence-corrected chi connectivity index (χ4v) is 1.43. The van der Waals surface area contributed by atoms with E-state index in [2.05, 4.69) is 24.2 Å². The molecule has 0 fully saturated rings.